The van der Waals surface area contributed by atoms with Crippen LogP contribution in [0.1, 0.15) is 36.7 Å². The lowest BCUT2D eigenvalue weighted by Gasteiger charge is -2.10. The van der Waals surface area contributed by atoms with Gasteiger partial charge in [-0.3, -0.25) is 13.9 Å². The molecule has 0 unspecified atom stereocenters. The molecule has 2 aromatic heterocycles. The molecule has 0 saturated heterocycles. The Morgan fingerprint density at radius 2 is 1.67 bits per heavy atom. The Kier molecular flexibility index (Phi) is 7.37. The van der Waals surface area contributed by atoms with Crippen molar-refractivity contribution >= 4 is 0 Å². The predicted octanol–water partition coefficient (Wildman–Crippen LogP) is 2.51. The molecule has 2 aromatic carbocycles. The number of hydrogen-bond donors (Lipinski definition) is 3. The molecule has 0 aliphatic carbocycles. The van der Waals surface area contributed by atoms with Crippen LogP contribution in [0, 0.1) is 11.8 Å². The number of aromatic amines is 1. The topological polar surface area (TPSA) is 122 Å². The molecule has 0 fully saturated rings. The molecular formula is C27H26N4O5. The smallest absolute Gasteiger partial charge is 0.329 e. The minimum atomic E-state index is -0.653. The van der Waals surface area contributed by atoms with Crippen molar-refractivity contribution < 1.29 is 14.9 Å². The molecular weight excluding hydrogens is 460 g/mol. The number of ether oxygens (including phenoxy) is 1. The zero-order chi connectivity index (χ0) is 25.7. The third-order valence-corrected chi connectivity index (χ3v) is 5.48. The summed E-state index contributed by atoms with van der Waals surface area (Å²) in [6.45, 7) is 4.01. The van der Waals surface area contributed by atoms with E-state index in [0.717, 1.165) is 16.7 Å². The normalized spacial score (nSPS) is 10.8. The summed E-state index contributed by atoms with van der Waals surface area (Å²) in [6, 6.07) is 14.8. The molecule has 0 saturated carbocycles. The number of hydrogen-bond acceptors (Lipinski definition) is 6. The number of imidazole rings is 1. The Labute approximate surface area is 207 Å². The van der Waals surface area contributed by atoms with Crippen molar-refractivity contribution in [1.29, 1.82) is 0 Å². The van der Waals surface area contributed by atoms with E-state index >= 15 is 0 Å². The summed E-state index contributed by atoms with van der Waals surface area (Å²) in [5.41, 5.74) is 2.38. The van der Waals surface area contributed by atoms with Crippen molar-refractivity contribution in [1.82, 2.24) is 19.1 Å². The first-order chi connectivity index (χ1) is 17.4. The SMILES string of the molecule is CC(C)n1c(-c2ccc(C#Cc3ccc(OCCO)cc3)cc2)cn(Cc2nc[nH]c(=O)c2O)c1=O. The molecule has 2 heterocycles. The lowest BCUT2D eigenvalue weighted by molar-refractivity contribution is 0.201. The number of nitrogens with zero attached hydrogens (tertiary/aromatic N) is 3. The van der Waals surface area contributed by atoms with Gasteiger partial charge in [-0.2, -0.15) is 0 Å². The Hall–Kier alpha value is -4.55. The highest BCUT2D eigenvalue weighted by atomic mass is 16.5. The van der Waals surface area contributed by atoms with Gasteiger partial charge < -0.3 is 19.9 Å². The maximum Gasteiger partial charge on any atom is 0.329 e. The average Bonchev–Trinajstić information content (AvgIpc) is 3.21. The molecule has 4 aromatic rings. The lowest BCUT2D eigenvalue weighted by Crippen LogP contribution is -2.27. The molecule has 9 nitrogen and oxygen atoms in total. The number of aromatic hydroxyl groups is 1. The Morgan fingerprint density at radius 1 is 1.03 bits per heavy atom. The summed E-state index contributed by atoms with van der Waals surface area (Å²) >= 11 is 0. The van der Waals surface area contributed by atoms with E-state index in [4.69, 9.17) is 9.84 Å². The molecule has 9 heteroatoms. The van der Waals surface area contributed by atoms with Crippen molar-refractivity contribution in [2.45, 2.75) is 26.4 Å². The van der Waals surface area contributed by atoms with Crippen LogP contribution in [-0.4, -0.2) is 42.5 Å². The van der Waals surface area contributed by atoms with Gasteiger partial charge in [-0.15, -0.1) is 0 Å². The number of nitrogens with one attached hydrogen (secondary N) is 1. The molecule has 0 atom stereocenters. The first kappa shape index (κ1) is 24.6. The van der Waals surface area contributed by atoms with Gasteiger partial charge in [0.25, 0.3) is 5.56 Å². The van der Waals surface area contributed by atoms with E-state index in [2.05, 4.69) is 21.8 Å². The summed E-state index contributed by atoms with van der Waals surface area (Å²) in [7, 11) is 0. The van der Waals surface area contributed by atoms with E-state index in [1.165, 1.54) is 10.9 Å². The number of aliphatic hydroxyl groups excluding tert-OH is 1. The van der Waals surface area contributed by atoms with Gasteiger partial charge in [-0.05, 0) is 55.8 Å². The minimum absolute atomic E-state index is 0.0330. The zero-order valence-corrected chi connectivity index (χ0v) is 19.9. The molecule has 0 amide bonds. The fourth-order valence-electron chi connectivity index (χ4n) is 3.71. The molecule has 184 valence electrons. The highest BCUT2D eigenvalue weighted by Crippen LogP contribution is 2.23. The average molecular weight is 487 g/mol. The van der Waals surface area contributed by atoms with E-state index in [1.807, 2.05) is 50.2 Å². The second kappa shape index (κ2) is 10.8. The van der Waals surface area contributed by atoms with Gasteiger partial charge in [0.05, 0.1) is 25.2 Å². The van der Waals surface area contributed by atoms with Crippen LogP contribution in [0.5, 0.6) is 11.5 Å². The van der Waals surface area contributed by atoms with Gasteiger partial charge in [0.2, 0.25) is 5.75 Å². The van der Waals surface area contributed by atoms with Crippen LogP contribution in [0.2, 0.25) is 0 Å². The standard InChI is InChI=1S/C27H26N4O5/c1-18(2)31-24(16-30(27(31)35)15-23-25(33)26(34)29-17-28-23)21-9-5-19(6-10-21)3-4-20-7-11-22(12-8-20)36-14-13-32/h5-12,16-18,32-33H,13-15H2,1-2H3,(H,28,29,34). The second-order valence-electron chi connectivity index (χ2n) is 8.34. The van der Waals surface area contributed by atoms with Crippen LogP contribution in [0.3, 0.4) is 0 Å². The van der Waals surface area contributed by atoms with Crippen LogP contribution in [0.25, 0.3) is 11.3 Å². The Balaban J connectivity index is 1.58. The van der Waals surface area contributed by atoms with Crippen molar-refractivity contribution in [3.8, 4) is 34.6 Å². The minimum Gasteiger partial charge on any atom is -0.502 e. The van der Waals surface area contributed by atoms with Crippen molar-refractivity contribution in [3.05, 3.63) is 98.7 Å². The van der Waals surface area contributed by atoms with Gasteiger partial charge in [-0.25, -0.2) is 9.78 Å². The van der Waals surface area contributed by atoms with Crippen molar-refractivity contribution in [2.24, 2.45) is 0 Å². The maximum atomic E-state index is 13.1. The number of H-pyrrole nitrogens is 1. The van der Waals surface area contributed by atoms with E-state index in [9.17, 15) is 14.7 Å². The third-order valence-electron chi connectivity index (χ3n) is 5.48. The number of rotatable bonds is 7. The molecule has 0 bridgehead atoms. The molecule has 36 heavy (non-hydrogen) atoms. The van der Waals surface area contributed by atoms with Gasteiger partial charge in [0.1, 0.15) is 18.1 Å². The van der Waals surface area contributed by atoms with Gasteiger partial charge in [-0.1, -0.05) is 24.0 Å². The molecule has 4 rings (SSSR count). The maximum absolute atomic E-state index is 13.1. The highest BCUT2D eigenvalue weighted by Gasteiger charge is 2.17. The Morgan fingerprint density at radius 3 is 2.28 bits per heavy atom. The first-order valence-corrected chi connectivity index (χ1v) is 11.4. The summed E-state index contributed by atoms with van der Waals surface area (Å²) in [5, 5.41) is 18.8. The van der Waals surface area contributed by atoms with Crippen molar-refractivity contribution in [2.75, 3.05) is 13.2 Å². The Bertz CT molecular complexity index is 1520. The number of aliphatic hydroxyl groups is 1. The lowest BCUT2D eigenvalue weighted by atomic mass is 10.1. The van der Waals surface area contributed by atoms with Crippen LogP contribution in [0.15, 0.2) is 70.6 Å². The summed E-state index contributed by atoms with van der Waals surface area (Å²) in [5.74, 6) is 6.41. The fraction of sp³-hybridized carbons (Fsp3) is 0.222. The largest absolute Gasteiger partial charge is 0.502 e. The number of aromatic nitrogens is 4. The fourth-order valence-corrected chi connectivity index (χ4v) is 3.71. The van der Waals surface area contributed by atoms with Crippen LogP contribution in [0.4, 0.5) is 0 Å². The van der Waals surface area contributed by atoms with Crippen molar-refractivity contribution in [3.63, 3.8) is 0 Å². The van der Waals surface area contributed by atoms with E-state index in [0.29, 0.717) is 11.4 Å². The monoisotopic (exact) mass is 486 g/mol. The second-order valence-corrected chi connectivity index (χ2v) is 8.34. The molecule has 0 spiro atoms. The third kappa shape index (κ3) is 5.40. The summed E-state index contributed by atoms with van der Waals surface area (Å²) < 4.78 is 8.44. The van der Waals surface area contributed by atoms with Gasteiger partial charge in [0, 0.05) is 23.4 Å². The molecule has 0 aliphatic rings. The number of benzene rings is 2. The van der Waals surface area contributed by atoms with Crippen LogP contribution >= 0.6 is 0 Å². The summed E-state index contributed by atoms with van der Waals surface area (Å²) in [4.78, 5) is 31.1. The predicted molar refractivity (Wildman–Crippen MR) is 135 cm³/mol. The molecule has 0 aliphatic heterocycles. The van der Waals surface area contributed by atoms with E-state index in [1.54, 1.807) is 22.9 Å². The first-order valence-electron chi connectivity index (χ1n) is 11.4. The van der Waals surface area contributed by atoms with Gasteiger partial charge >= 0.3 is 5.69 Å². The van der Waals surface area contributed by atoms with E-state index < -0.39 is 11.3 Å². The molecule has 0 radical (unpaired) electrons. The summed E-state index contributed by atoms with van der Waals surface area (Å²) in [6.07, 6.45) is 2.90. The van der Waals surface area contributed by atoms with Crippen LogP contribution in [-0.2, 0) is 6.54 Å². The zero-order valence-electron chi connectivity index (χ0n) is 19.9. The quantitative estimate of drug-likeness (QED) is 0.345. The van der Waals surface area contributed by atoms with E-state index in [-0.39, 0.29) is 37.2 Å². The highest BCUT2D eigenvalue weighted by molar-refractivity contribution is 5.61. The van der Waals surface area contributed by atoms with Gasteiger partial charge in [0.15, 0.2) is 0 Å². The van der Waals surface area contributed by atoms with Crippen LogP contribution < -0.4 is 16.0 Å². The molecule has 3 N–H and O–H groups in total.